The van der Waals surface area contributed by atoms with Gasteiger partial charge in [0, 0.05) is 22.4 Å². The van der Waals surface area contributed by atoms with Crippen molar-refractivity contribution in [3.63, 3.8) is 0 Å². The topological polar surface area (TPSA) is 43.4 Å². The van der Waals surface area contributed by atoms with Gasteiger partial charge in [0.05, 0.1) is 0 Å². The Morgan fingerprint density at radius 3 is 2.23 bits per heavy atom. The second-order valence-electron chi connectivity index (χ2n) is 6.35. The monoisotopic (exact) mass is 358 g/mol. The van der Waals surface area contributed by atoms with Gasteiger partial charge in [0.2, 0.25) is 11.6 Å². The average molecular weight is 358 g/mol. The first kappa shape index (κ1) is 15.4. The molecule has 1 heterocycles. The van der Waals surface area contributed by atoms with Crippen LogP contribution >= 0.6 is 11.8 Å². The van der Waals surface area contributed by atoms with Crippen LogP contribution in [-0.4, -0.2) is 17.3 Å². The molecule has 1 aliphatic heterocycles. The summed E-state index contributed by atoms with van der Waals surface area (Å²) in [5.74, 6) is 0.224. The zero-order chi connectivity index (χ0) is 17.7. The highest BCUT2D eigenvalue weighted by atomic mass is 32.2. The summed E-state index contributed by atoms with van der Waals surface area (Å²) in [6, 6.07) is 21.2. The van der Waals surface area contributed by atoms with Gasteiger partial charge >= 0.3 is 0 Å². The molecule has 0 spiro atoms. The molecule has 0 aromatic heterocycles. The minimum atomic E-state index is -0.230. The van der Waals surface area contributed by atoms with Crippen LogP contribution in [0.3, 0.4) is 0 Å². The second kappa shape index (κ2) is 5.85. The van der Waals surface area contributed by atoms with Gasteiger partial charge in [-0.1, -0.05) is 78.5 Å². The lowest BCUT2D eigenvalue weighted by atomic mass is 10.0. The molecule has 2 aliphatic rings. The minimum absolute atomic E-state index is 0.169. The molecule has 3 nitrogen and oxygen atoms in total. The maximum Gasteiger partial charge on any atom is 0.202 e. The van der Waals surface area contributed by atoms with Crippen molar-refractivity contribution in [3.05, 3.63) is 94.1 Å². The number of allylic oxidation sites excluding steroid dienone is 1. The molecule has 1 unspecified atom stereocenters. The van der Waals surface area contributed by atoms with Crippen LogP contribution in [0.1, 0.15) is 32.4 Å². The Hall–Kier alpha value is -2.85. The SMILES string of the molecule is O=C1C(=C2OC(c3cccc4ccccc34)CS2)C(=O)c2ccccc21. The third kappa shape index (κ3) is 2.22. The first-order valence-electron chi connectivity index (χ1n) is 8.44. The fourth-order valence-electron chi connectivity index (χ4n) is 3.60. The van der Waals surface area contributed by atoms with Crippen LogP contribution in [0.15, 0.2) is 77.4 Å². The molecule has 5 rings (SSSR count). The molecular weight excluding hydrogens is 344 g/mol. The Labute approximate surface area is 154 Å². The predicted octanol–water partition coefficient (Wildman–Crippen LogP) is 4.94. The Balaban J connectivity index is 1.54. The quantitative estimate of drug-likeness (QED) is 0.457. The first-order valence-corrected chi connectivity index (χ1v) is 9.42. The third-order valence-corrected chi connectivity index (χ3v) is 5.89. The summed E-state index contributed by atoms with van der Waals surface area (Å²) in [7, 11) is 0. The van der Waals surface area contributed by atoms with E-state index in [1.54, 1.807) is 24.3 Å². The first-order chi connectivity index (χ1) is 12.7. The standard InChI is InChI=1S/C22H14O3S/c23-20-16-9-3-4-10-17(16)21(24)19(20)22-25-18(12-26-22)15-11-5-7-13-6-1-2-8-14(13)15/h1-11,18H,12H2. The van der Waals surface area contributed by atoms with Gasteiger partial charge in [-0.3, -0.25) is 9.59 Å². The Bertz CT molecular complexity index is 1070. The molecule has 0 bridgehead atoms. The normalized spacial score (nSPS) is 19.2. The van der Waals surface area contributed by atoms with E-state index in [2.05, 4.69) is 18.2 Å². The zero-order valence-electron chi connectivity index (χ0n) is 13.8. The van der Waals surface area contributed by atoms with Crippen LogP contribution in [0.4, 0.5) is 0 Å². The van der Waals surface area contributed by atoms with Gasteiger partial charge in [0.15, 0.2) is 5.09 Å². The van der Waals surface area contributed by atoms with E-state index in [-0.39, 0.29) is 23.2 Å². The average Bonchev–Trinajstić information content (AvgIpc) is 3.25. The van der Waals surface area contributed by atoms with Gasteiger partial charge in [-0.15, -0.1) is 0 Å². The van der Waals surface area contributed by atoms with E-state index in [1.807, 2.05) is 24.3 Å². The van der Waals surface area contributed by atoms with Crippen molar-refractivity contribution in [3.8, 4) is 0 Å². The van der Waals surface area contributed by atoms with Gasteiger partial charge < -0.3 is 4.74 Å². The van der Waals surface area contributed by atoms with Crippen molar-refractivity contribution in [1.29, 1.82) is 0 Å². The van der Waals surface area contributed by atoms with Crippen LogP contribution < -0.4 is 0 Å². The third-order valence-electron chi connectivity index (χ3n) is 4.86. The van der Waals surface area contributed by atoms with E-state index in [0.717, 1.165) is 16.3 Å². The van der Waals surface area contributed by atoms with E-state index < -0.39 is 0 Å². The van der Waals surface area contributed by atoms with Crippen LogP contribution in [0.5, 0.6) is 0 Å². The van der Waals surface area contributed by atoms with Crippen LogP contribution in [0.2, 0.25) is 0 Å². The van der Waals surface area contributed by atoms with E-state index in [4.69, 9.17) is 4.74 Å². The molecule has 3 aromatic carbocycles. The Morgan fingerprint density at radius 1 is 0.808 bits per heavy atom. The van der Waals surface area contributed by atoms with Gasteiger partial charge in [0.25, 0.3) is 0 Å². The van der Waals surface area contributed by atoms with Gasteiger partial charge in [0.1, 0.15) is 11.7 Å². The van der Waals surface area contributed by atoms with Crippen molar-refractivity contribution in [2.45, 2.75) is 6.10 Å². The molecule has 1 aliphatic carbocycles. The van der Waals surface area contributed by atoms with Crippen LogP contribution in [0, 0.1) is 0 Å². The summed E-state index contributed by atoms with van der Waals surface area (Å²) in [6.45, 7) is 0. The number of hydrogen-bond donors (Lipinski definition) is 0. The largest absolute Gasteiger partial charge is 0.478 e. The number of ether oxygens (including phenoxy) is 1. The zero-order valence-corrected chi connectivity index (χ0v) is 14.6. The predicted molar refractivity (Wildman–Crippen MR) is 102 cm³/mol. The number of thioether (sulfide) groups is 1. The molecule has 0 saturated carbocycles. The van der Waals surface area contributed by atoms with Gasteiger partial charge in [-0.25, -0.2) is 0 Å². The number of ketones is 2. The summed E-state index contributed by atoms with van der Waals surface area (Å²) in [5.41, 5.74) is 2.20. The van der Waals surface area contributed by atoms with Crippen LogP contribution in [-0.2, 0) is 4.74 Å². The van der Waals surface area contributed by atoms with Crippen LogP contribution in [0.25, 0.3) is 10.8 Å². The van der Waals surface area contributed by atoms with E-state index >= 15 is 0 Å². The summed E-state index contributed by atoms with van der Waals surface area (Å²) >= 11 is 1.44. The summed E-state index contributed by atoms with van der Waals surface area (Å²) in [5, 5.41) is 2.74. The highest BCUT2D eigenvalue weighted by molar-refractivity contribution is 8.03. The molecule has 3 aromatic rings. The van der Waals surface area contributed by atoms with E-state index in [1.165, 1.54) is 11.8 Å². The molecule has 1 atom stereocenters. The highest BCUT2D eigenvalue weighted by Crippen LogP contribution is 2.44. The Kier molecular flexibility index (Phi) is 3.47. The molecule has 0 amide bonds. The second-order valence-corrected chi connectivity index (χ2v) is 7.34. The lowest BCUT2D eigenvalue weighted by Gasteiger charge is -2.13. The van der Waals surface area contributed by atoms with Crippen molar-refractivity contribution >= 4 is 34.1 Å². The van der Waals surface area contributed by atoms with E-state index in [9.17, 15) is 9.59 Å². The molecule has 1 saturated heterocycles. The summed E-state index contributed by atoms with van der Waals surface area (Å²) in [4.78, 5) is 25.4. The molecule has 26 heavy (non-hydrogen) atoms. The molecule has 4 heteroatoms. The number of benzene rings is 3. The minimum Gasteiger partial charge on any atom is -0.478 e. The van der Waals surface area contributed by atoms with Gasteiger partial charge in [-0.05, 0) is 10.8 Å². The number of carbonyl (C=O) groups excluding carboxylic acids is 2. The molecular formula is C22H14O3S. The number of hydrogen-bond acceptors (Lipinski definition) is 4. The maximum absolute atomic E-state index is 12.7. The highest BCUT2D eigenvalue weighted by Gasteiger charge is 2.39. The van der Waals surface area contributed by atoms with Crippen molar-refractivity contribution in [1.82, 2.24) is 0 Å². The molecule has 126 valence electrons. The van der Waals surface area contributed by atoms with Crippen molar-refractivity contribution < 1.29 is 14.3 Å². The fourth-order valence-corrected chi connectivity index (χ4v) is 4.67. The van der Waals surface area contributed by atoms with Crippen molar-refractivity contribution in [2.24, 2.45) is 0 Å². The van der Waals surface area contributed by atoms with Gasteiger partial charge in [-0.2, -0.15) is 0 Å². The number of Topliss-reactive ketones (excluding diaryl/α,β-unsaturated/α-hetero) is 2. The summed E-state index contributed by atoms with van der Waals surface area (Å²) < 4.78 is 6.11. The smallest absolute Gasteiger partial charge is 0.202 e. The number of carbonyl (C=O) groups is 2. The maximum atomic E-state index is 12.7. The Morgan fingerprint density at radius 2 is 1.46 bits per heavy atom. The molecule has 0 radical (unpaired) electrons. The lowest BCUT2D eigenvalue weighted by Crippen LogP contribution is -2.05. The summed E-state index contributed by atoms with van der Waals surface area (Å²) in [6.07, 6.45) is -0.169. The van der Waals surface area contributed by atoms with Crippen molar-refractivity contribution in [2.75, 3.05) is 5.75 Å². The molecule has 1 fully saturated rings. The number of rotatable bonds is 1. The lowest BCUT2D eigenvalue weighted by molar-refractivity contribution is 0.0970. The van der Waals surface area contributed by atoms with E-state index in [0.29, 0.717) is 22.0 Å². The fraction of sp³-hybridized carbons (Fsp3) is 0.0909. The number of fused-ring (bicyclic) bond motifs is 2. The molecule has 0 N–H and O–H groups in total.